The number of hydrogen-bond acceptors (Lipinski definition) is 2. The van der Waals surface area contributed by atoms with E-state index in [1.807, 2.05) is 37.3 Å². The average Bonchev–Trinajstić information content (AvgIpc) is 3.11. The van der Waals surface area contributed by atoms with Crippen molar-refractivity contribution in [2.75, 3.05) is 6.54 Å². The third-order valence-electron chi connectivity index (χ3n) is 5.71. The van der Waals surface area contributed by atoms with E-state index in [1.54, 1.807) is 0 Å². The standard InChI is InChI=1S/C27H29N3O/c1-19-8-6-9-22(16-19)27(31)28-15-7-12-26-29-24-10-4-5-11-25(24)30(26)18-23-17-20(2)13-14-21(23)3/h4-6,8-11,13-14,16-17H,7,12,15,18H2,1-3H3,(H,28,31). The molecule has 1 heterocycles. The van der Waals surface area contributed by atoms with Gasteiger partial charge in [0.2, 0.25) is 0 Å². The first kappa shape index (κ1) is 20.9. The molecule has 158 valence electrons. The van der Waals surface area contributed by atoms with E-state index in [9.17, 15) is 4.79 Å². The predicted molar refractivity (Wildman–Crippen MR) is 127 cm³/mol. The Morgan fingerprint density at radius 1 is 0.935 bits per heavy atom. The molecule has 1 amide bonds. The first-order valence-corrected chi connectivity index (χ1v) is 10.9. The van der Waals surface area contributed by atoms with E-state index >= 15 is 0 Å². The van der Waals surface area contributed by atoms with Gasteiger partial charge in [0.15, 0.2) is 0 Å². The van der Waals surface area contributed by atoms with Gasteiger partial charge in [0.05, 0.1) is 11.0 Å². The summed E-state index contributed by atoms with van der Waals surface area (Å²) < 4.78 is 2.32. The lowest BCUT2D eigenvalue weighted by Crippen LogP contribution is -2.25. The number of hydrogen-bond donors (Lipinski definition) is 1. The molecule has 4 rings (SSSR count). The number of amides is 1. The zero-order valence-corrected chi connectivity index (χ0v) is 18.5. The van der Waals surface area contributed by atoms with Crippen molar-refractivity contribution in [3.63, 3.8) is 0 Å². The molecule has 1 N–H and O–H groups in total. The van der Waals surface area contributed by atoms with Crippen LogP contribution in [0.3, 0.4) is 0 Å². The summed E-state index contributed by atoms with van der Waals surface area (Å²) in [5, 5.41) is 3.04. The largest absolute Gasteiger partial charge is 0.352 e. The minimum Gasteiger partial charge on any atom is -0.352 e. The first-order chi connectivity index (χ1) is 15.0. The van der Waals surface area contributed by atoms with Gasteiger partial charge in [-0.25, -0.2) is 4.98 Å². The number of aromatic nitrogens is 2. The summed E-state index contributed by atoms with van der Waals surface area (Å²) in [6.07, 6.45) is 1.65. The van der Waals surface area contributed by atoms with Crippen molar-refractivity contribution in [1.82, 2.24) is 14.9 Å². The lowest BCUT2D eigenvalue weighted by Gasteiger charge is -2.13. The van der Waals surface area contributed by atoms with Crippen LogP contribution >= 0.6 is 0 Å². The van der Waals surface area contributed by atoms with E-state index in [0.717, 1.165) is 41.8 Å². The van der Waals surface area contributed by atoms with Gasteiger partial charge in [-0.15, -0.1) is 0 Å². The number of carbonyl (C=O) groups is 1. The molecule has 0 aliphatic rings. The van der Waals surface area contributed by atoms with Crippen molar-refractivity contribution in [2.24, 2.45) is 0 Å². The van der Waals surface area contributed by atoms with Crippen LogP contribution in [-0.4, -0.2) is 22.0 Å². The second kappa shape index (κ2) is 9.17. The predicted octanol–water partition coefficient (Wildman–Crippen LogP) is 5.37. The van der Waals surface area contributed by atoms with Gasteiger partial charge in [-0.3, -0.25) is 4.79 Å². The summed E-state index contributed by atoms with van der Waals surface area (Å²) in [7, 11) is 0. The molecular weight excluding hydrogens is 382 g/mol. The second-order valence-corrected chi connectivity index (χ2v) is 8.26. The molecule has 0 unspecified atom stereocenters. The van der Waals surface area contributed by atoms with Crippen LogP contribution in [0.1, 0.15) is 44.9 Å². The summed E-state index contributed by atoms with van der Waals surface area (Å²) in [5.74, 6) is 1.04. The van der Waals surface area contributed by atoms with Crippen LogP contribution < -0.4 is 5.32 Å². The van der Waals surface area contributed by atoms with Crippen LogP contribution in [0.25, 0.3) is 11.0 Å². The second-order valence-electron chi connectivity index (χ2n) is 8.26. The maximum Gasteiger partial charge on any atom is 0.251 e. The zero-order valence-electron chi connectivity index (χ0n) is 18.5. The lowest BCUT2D eigenvalue weighted by molar-refractivity contribution is 0.0953. The van der Waals surface area contributed by atoms with Gasteiger partial charge in [-0.05, 0) is 62.6 Å². The molecule has 0 saturated carbocycles. The molecule has 0 atom stereocenters. The molecule has 0 fully saturated rings. The normalized spacial score (nSPS) is 11.1. The molecule has 4 heteroatoms. The number of nitrogens with zero attached hydrogens (tertiary/aromatic N) is 2. The molecule has 1 aromatic heterocycles. The number of nitrogens with one attached hydrogen (secondary N) is 1. The number of benzene rings is 3. The summed E-state index contributed by atoms with van der Waals surface area (Å²) in [5.41, 5.74) is 7.85. The molecule has 31 heavy (non-hydrogen) atoms. The van der Waals surface area contributed by atoms with E-state index in [4.69, 9.17) is 4.98 Å². The molecule has 0 bridgehead atoms. The number of rotatable bonds is 7. The molecular formula is C27H29N3O. The highest BCUT2D eigenvalue weighted by Gasteiger charge is 2.12. The number of imidazole rings is 1. The number of para-hydroxylation sites is 2. The van der Waals surface area contributed by atoms with Gasteiger partial charge >= 0.3 is 0 Å². The Kier molecular flexibility index (Phi) is 6.17. The maximum absolute atomic E-state index is 12.4. The zero-order chi connectivity index (χ0) is 21.8. The Hall–Kier alpha value is -3.40. The number of fused-ring (bicyclic) bond motifs is 1. The fourth-order valence-corrected chi connectivity index (χ4v) is 3.97. The topological polar surface area (TPSA) is 46.9 Å². The number of aryl methyl sites for hydroxylation is 4. The molecule has 0 spiro atoms. The molecule has 4 aromatic rings. The highest BCUT2D eigenvalue weighted by Crippen LogP contribution is 2.21. The van der Waals surface area contributed by atoms with Gasteiger partial charge in [0.1, 0.15) is 5.82 Å². The quantitative estimate of drug-likeness (QED) is 0.416. The van der Waals surface area contributed by atoms with Gasteiger partial charge in [0, 0.05) is 25.1 Å². The summed E-state index contributed by atoms with van der Waals surface area (Å²) in [6.45, 7) is 7.72. The Bertz CT molecular complexity index is 1220. The summed E-state index contributed by atoms with van der Waals surface area (Å²) in [6, 6.07) is 22.6. The van der Waals surface area contributed by atoms with Crippen LogP contribution in [-0.2, 0) is 13.0 Å². The monoisotopic (exact) mass is 411 g/mol. The van der Waals surface area contributed by atoms with Crippen LogP contribution in [0.5, 0.6) is 0 Å². The highest BCUT2D eigenvalue weighted by molar-refractivity contribution is 5.94. The lowest BCUT2D eigenvalue weighted by atomic mass is 10.1. The smallest absolute Gasteiger partial charge is 0.251 e. The van der Waals surface area contributed by atoms with Crippen molar-refractivity contribution in [3.8, 4) is 0 Å². The fourth-order valence-electron chi connectivity index (χ4n) is 3.97. The molecule has 0 aliphatic heterocycles. The van der Waals surface area contributed by atoms with Crippen molar-refractivity contribution in [2.45, 2.75) is 40.2 Å². The van der Waals surface area contributed by atoms with Crippen LogP contribution in [0.15, 0.2) is 66.7 Å². The van der Waals surface area contributed by atoms with E-state index in [0.29, 0.717) is 12.1 Å². The van der Waals surface area contributed by atoms with Crippen molar-refractivity contribution >= 4 is 16.9 Å². The van der Waals surface area contributed by atoms with Crippen LogP contribution in [0, 0.1) is 20.8 Å². The van der Waals surface area contributed by atoms with Crippen molar-refractivity contribution < 1.29 is 4.79 Å². The SMILES string of the molecule is Cc1cccc(C(=O)NCCCc2nc3ccccc3n2Cc2cc(C)ccc2C)c1. The van der Waals surface area contributed by atoms with Gasteiger partial charge in [-0.2, -0.15) is 0 Å². The fraction of sp³-hybridized carbons (Fsp3) is 0.259. The molecule has 0 saturated heterocycles. The van der Waals surface area contributed by atoms with E-state index in [1.165, 1.54) is 16.7 Å². The van der Waals surface area contributed by atoms with Gasteiger partial charge in [-0.1, -0.05) is 53.6 Å². The van der Waals surface area contributed by atoms with Crippen LogP contribution in [0.2, 0.25) is 0 Å². The Labute approximate surface area is 183 Å². The summed E-state index contributed by atoms with van der Waals surface area (Å²) >= 11 is 0. The molecule has 3 aromatic carbocycles. The molecule has 4 nitrogen and oxygen atoms in total. The highest BCUT2D eigenvalue weighted by atomic mass is 16.1. The van der Waals surface area contributed by atoms with Gasteiger partial charge in [0.25, 0.3) is 5.91 Å². The molecule has 0 radical (unpaired) electrons. The summed E-state index contributed by atoms with van der Waals surface area (Å²) in [4.78, 5) is 17.3. The third-order valence-corrected chi connectivity index (χ3v) is 5.71. The maximum atomic E-state index is 12.4. The minimum atomic E-state index is -0.0208. The van der Waals surface area contributed by atoms with E-state index in [-0.39, 0.29) is 5.91 Å². The average molecular weight is 412 g/mol. The number of carbonyl (C=O) groups excluding carboxylic acids is 1. The Morgan fingerprint density at radius 3 is 2.58 bits per heavy atom. The first-order valence-electron chi connectivity index (χ1n) is 10.9. The van der Waals surface area contributed by atoms with E-state index < -0.39 is 0 Å². The molecule has 0 aliphatic carbocycles. The van der Waals surface area contributed by atoms with Crippen LogP contribution in [0.4, 0.5) is 0 Å². The Morgan fingerprint density at radius 2 is 1.74 bits per heavy atom. The third kappa shape index (κ3) is 4.85. The minimum absolute atomic E-state index is 0.0208. The van der Waals surface area contributed by atoms with Gasteiger partial charge < -0.3 is 9.88 Å². The van der Waals surface area contributed by atoms with Crippen molar-refractivity contribution in [3.05, 3.63) is 100 Å². The van der Waals surface area contributed by atoms with Crippen molar-refractivity contribution in [1.29, 1.82) is 0 Å². The Balaban J connectivity index is 1.48. The van der Waals surface area contributed by atoms with E-state index in [2.05, 4.69) is 60.1 Å².